The molecule has 146 valence electrons. The van der Waals surface area contributed by atoms with Crippen molar-refractivity contribution >= 4 is 24.3 Å². The molecule has 0 saturated carbocycles. The van der Waals surface area contributed by atoms with E-state index in [1.54, 1.807) is 12.1 Å². The minimum absolute atomic E-state index is 0.0586. The Morgan fingerprint density at radius 2 is 2.07 bits per heavy atom. The Bertz CT molecular complexity index is 1200. The number of ether oxygens (including phenoxy) is 2. The molecule has 0 aliphatic carbocycles. The fraction of sp³-hybridized carbons (Fsp3) is 0.0952. The molecule has 0 saturated heterocycles. The summed E-state index contributed by atoms with van der Waals surface area (Å²) < 4.78 is 15.5. The van der Waals surface area contributed by atoms with E-state index in [2.05, 4.69) is 26.8 Å². The number of rotatable bonds is 5. The number of aliphatic imine (C=N–C) groups is 1. The van der Waals surface area contributed by atoms with E-state index < -0.39 is 5.97 Å². The lowest BCUT2D eigenvalue weighted by Gasteiger charge is -2.06. The molecule has 0 amide bonds. The quantitative estimate of drug-likeness (QED) is 0.659. The summed E-state index contributed by atoms with van der Waals surface area (Å²) in [7, 11) is 1.28. The molecule has 8 nitrogen and oxygen atoms in total. The lowest BCUT2D eigenvalue weighted by Crippen LogP contribution is -2.25. The van der Waals surface area contributed by atoms with Gasteiger partial charge in [0.1, 0.15) is 12.0 Å². The Kier molecular flexibility index (Phi) is 4.98. The summed E-state index contributed by atoms with van der Waals surface area (Å²) in [5, 5.41) is 1.64. The number of esters is 1. The van der Waals surface area contributed by atoms with Crippen LogP contribution in [0.5, 0.6) is 5.75 Å². The average Bonchev–Trinajstić information content (AvgIpc) is 3.42. The zero-order valence-electron chi connectivity index (χ0n) is 15.5. The van der Waals surface area contributed by atoms with Crippen LogP contribution in [0.2, 0.25) is 0 Å². The van der Waals surface area contributed by atoms with Crippen molar-refractivity contribution in [2.75, 3.05) is 7.11 Å². The summed E-state index contributed by atoms with van der Waals surface area (Å²) in [5.74, 6) is 1.28. The van der Waals surface area contributed by atoms with Crippen molar-refractivity contribution in [2.24, 2.45) is 4.99 Å². The number of oxazole rings is 1. The molecule has 0 spiro atoms. The van der Waals surface area contributed by atoms with Crippen LogP contribution < -0.4 is 20.7 Å². The number of carbonyl (C=O) groups is 1. The Balaban J connectivity index is 1.51. The van der Waals surface area contributed by atoms with E-state index in [-0.39, 0.29) is 18.2 Å². The van der Waals surface area contributed by atoms with Crippen molar-refractivity contribution < 1.29 is 23.5 Å². The number of nitrogens with zero attached hydrogens (tertiary/aromatic N) is 2. The van der Waals surface area contributed by atoms with Gasteiger partial charge in [-0.15, -0.1) is 0 Å². The molecule has 1 aliphatic rings. The van der Waals surface area contributed by atoms with Crippen LogP contribution in [-0.2, 0) is 16.2 Å². The normalized spacial score (nSPS) is 14.6. The molecule has 0 bridgehead atoms. The van der Waals surface area contributed by atoms with Gasteiger partial charge in [-0.1, -0.05) is 36.9 Å². The maximum absolute atomic E-state index is 11.4. The third kappa shape index (κ3) is 3.96. The average molecular weight is 391 g/mol. The summed E-state index contributed by atoms with van der Waals surface area (Å²) in [5.41, 5.74) is 3.69. The Morgan fingerprint density at radius 3 is 2.90 bits per heavy atom. The minimum Gasteiger partial charge on any atom is -0.484 e. The van der Waals surface area contributed by atoms with Crippen LogP contribution in [0.3, 0.4) is 0 Å². The molecule has 0 fully saturated rings. The molecular weight excluding hydrogens is 374 g/mol. The molecule has 3 aromatic rings. The second-order valence-electron chi connectivity index (χ2n) is 6.06. The first-order valence-corrected chi connectivity index (χ1v) is 8.70. The second-order valence-corrected chi connectivity index (χ2v) is 6.06. The molecule has 2 heterocycles. The van der Waals surface area contributed by atoms with Gasteiger partial charge in [0.15, 0.2) is 18.1 Å². The number of amidine groups is 1. The summed E-state index contributed by atoms with van der Waals surface area (Å²) in [6, 6.07) is 14.9. The highest BCUT2D eigenvalue weighted by Gasteiger charge is 2.16. The highest BCUT2D eigenvalue weighted by atomic mass is 16.7. The van der Waals surface area contributed by atoms with E-state index in [0.717, 1.165) is 16.0 Å². The van der Waals surface area contributed by atoms with E-state index >= 15 is 0 Å². The van der Waals surface area contributed by atoms with Crippen molar-refractivity contribution in [3.63, 3.8) is 0 Å². The number of benzene rings is 2. The topological polar surface area (TPSA) is 95.2 Å². The van der Waals surface area contributed by atoms with E-state index in [4.69, 9.17) is 14.0 Å². The first-order valence-electron chi connectivity index (χ1n) is 8.70. The standard InChI is InChI=1S/C21H17N3O5/c1-13-6-3-4-9-16(13)20-23-19(24-29-20)14-7-5-8-15(10-14)27-12-18-22-17(11-28-18)21(25)26-2/h3-11H,1,12H2,2H3,(H,23,24). The smallest absolute Gasteiger partial charge is 0.360 e. The molecule has 0 radical (unpaired) electrons. The molecule has 4 rings (SSSR count). The van der Waals surface area contributed by atoms with Gasteiger partial charge in [-0.2, -0.15) is 4.99 Å². The zero-order chi connectivity index (χ0) is 20.2. The fourth-order valence-electron chi connectivity index (χ4n) is 2.67. The van der Waals surface area contributed by atoms with Gasteiger partial charge in [0.25, 0.3) is 5.88 Å². The number of hydrogen-bond acceptors (Lipinski definition) is 8. The lowest BCUT2D eigenvalue weighted by atomic mass is 10.2. The maximum Gasteiger partial charge on any atom is 0.360 e. The van der Waals surface area contributed by atoms with Gasteiger partial charge in [0, 0.05) is 10.8 Å². The first-order chi connectivity index (χ1) is 14.1. The number of carbonyl (C=O) groups excluding carboxylic acids is 1. The summed E-state index contributed by atoms with van der Waals surface area (Å²) in [6.07, 6.45) is 1.23. The molecule has 1 aliphatic heterocycles. The van der Waals surface area contributed by atoms with Crippen LogP contribution in [0.15, 0.2) is 64.2 Å². The van der Waals surface area contributed by atoms with Crippen LogP contribution in [0.25, 0.3) is 12.5 Å². The van der Waals surface area contributed by atoms with Crippen molar-refractivity contribution in [3.8, 4) is 5.75 Å². The van der Waals surface area contributed by atoms with Crippen molar-refractivity contribution in [3.05, 3.63) is 82.4 Å². The van der Waals surface area contributed by atoms with Crippen LogP contribution >= 0.6 is 0 Å². The number of nitrogens with one attached hydrogen (secondary N) is 1. The minimum atomic E-state index is -0.566. The molecule has 1 N–H and O–H groups in total. The predicted molar refractivity (Wildman–Crippen MR) is 104 cm³/mol. The summed E-state index contributed by atoms with van der Waals surface area (Å²) >= 11 is 0. The largest absolute Gasteiger partial charge is 0.484 e. The van der Waals surface area contributed by atoms with E-state index in [1.807, 2.05) is 36.4 Å². The molecule has 8 heteroatoms. The Morgan fingerprint density at radius 1 is 1.21 bits per heavy atom. The maximum atomic E-state index is 11.4. The molecule has 0 atom stereocenters. The van der Waals surface area contributed by atoms with E-state index in [0.29, 0.717) is 17.5 Å². The van der Waals surface area contributed by atoms with Gasteiger partial charge in [-0.25, -0.2) is 15.3 Å². The highest BCUT2D eigenvalue weighted by molar-refractivity contribution is 6.01. The molecule has 29 heavy (non-hydrogen) atoms. The van der Waals surface area contributed by atoms with Gasteiger partial charge < -0.3 is 18.7 Å². The zero-order valence-corrected chi connectivity index (χ0v) is 15.5. The first kappa shape index (κ1) is 18.3. The number of hydroxylamine groups is 1. The van der Waals surface area contributed by atoms with Crippen molar-refractivity contribution in [1.82, 2.24) is 10.5 Å². The third-order valence-electron chi connectivity index (χ3n) is 4.12. The summed E-state index contributed by atoms with van der Waals surface area (Å²) in [6.45, 7) is 4.05. The number of methoxy groups -OCH3 is 1. The van der Waals surface area contributed by atoms with Gasteiger partial charge >= 0.3 is 5.97 Å². The second kappa shape index (κ2) is 7.89. The van der Waals surface area contributed by atoms with Gasteiger partial charge in [0.2, 0.25) is 5.89 Å². The van der Waals surface area contributed by atoms with E-state index in [1.165, 1.54) is 13.4 Å². The van der Waals surface area contributed by atoms with Crippen LogP contribution in [-0.4, -0.2) is 23.9 Å². The van der Waals surface area contributed by atoms with Crippen LogP contribution in [0.1, 0.15) is 21.9 Å². The number of hydrogen-bond donors (Lipinski definition) is 1. The van der Waals surface area contributed by atoms with Crippen LogP contribution in [0.4, 0.5) is 0 Å². The Hall–Kier alpha value is -4.07. The van der Waals surface area contributed by atoms with Crippen LogP contribution in [0, 0.1) is 0 Å². The Labute approximate surface area is 165 Å². The lowest BCUT2D eigenvalue weighted by molar-refractivity contribution is 0.0594. The van der Waals surface area contributed by atoms with E-state index in [9.17, 15) is 4.79 Å². The fourth-order valence-corrected chi connectivity index (χ4v) is 2.67. The van der Waals surface area contributed by atoms with Crippen molar-refractivity contribution in [2.45, 2.75) is 6.61 Å². The SMILES string of the molecule is C=c1ccccc1=C1N=C(c2cccc(OCc3nc(C(=O)OC)co3)c2)NO1. The molecule has 2 aromatic carbocycles. The van der Waals surface area contributed by atoms with Gasteiger partial charge in [-0.05, 0) is 23.4 Å². The van der Waals surface area contributed by atoms with Gasteiger partial charge in [-0.3, -0.25) is 0 Å². The predicted octanol–water partition coefficient (Wildman–Crippen LogP) is 1.50. The highest BCUT2D eigenvalue weighted by Crippen LogP contribution is 2.18. The van der Waals surface area contributed by atoms with Crippen molar-refractivity contribution in [1.29, 1.82) is 0 Å². The monoisotopic (exact) mass is 391 g/mol. The summed E-state index contributed by atoms with van der Waals surface area (Å²) in [4.78, 5) is 25.4. The molecule has 0 unspecified atom stereocenters. The third-order valence-corrected chi connectivity index (χ3v) is 4.12. The van der Waals surface area contributed by atoms with Gasteiger partial charge in [0.05, 0.1) is 7.11 Å². The molecular formula is C21H17N3O5. The molecule has 1 aromatic heterocycles. The number of aromatic nitrogens is 1.